The first-order valence-corrected chi connectivity index (χ1v) is 9.61. The van der Waals surface area contributed by atoms with Crippen molar-refractivity contribution in [2.45, 2.75) is 45.8 Å². The van der Waals surface area contributed by atoms with E-state index in [4.69, 9.17) is 23.2 Å². The number of rotatable bonds is 7. The first kappa shape index (κ1) is 21.3. The molecular formula is C21H24Cl2N2O2. The lowest BCUT2D eigenvalue weighted by atomic mass is 10.1. The van der Waals surface area contributed by atoms with Gasteiger partial charge in [0, 0.05) is 28.2 Å². The third kappa shape index (κ3) is 5.98. The number of nitrogens with zero attached hydrogens (tertiary/aromatic N) is 1. The topological polar surface area (TPSA) is 49.4 Å². The molecule has 0 aliphatic heterocycles. The molecule has 0 fully saturated rings. The molecule has 1 N–H and O–H groups in total. The lowest BCUT2D eigenvalue weighted by Gasteiger charge is -2.30. The molecule has 0 saturated carbocycles. The Morgan fingerprint density at radius 3 is 2.11 bits per heavy atom. The van der Waals surface area contributed by atoms with Crippen molar-refractivity contribution in [3.8, 4) is 0 Å². The normalized spacial score (nSPS) is 11.9. The average molecular weight is 407 g/mol. The Kier molecular flexibility index (Phi) is 7.69. The predicted octanol–water partition coefficient (Wildman–Crippen LogP) is 4.48. The van der Waals surface area contributed by atoms with Gasteiger partial charge in [-0.3, -0.25) is 9.59 Å². The van der Waals surface area contributed by atoms with Gasteiger partial charge in [0.25, 0.3) is 0 Å². The lowest BCUT2D eigenvalue weighted by molar-refractivity contribution is -0.140. The summed E-state index contributed by atoms with van der Waals surface area (Å²) < 4.78 is 0. The molecule has 1 atom stereocenters. The van der Waals surface area contributed by atoms with Crippen LogP contribution >= 0.6 is 23.2 Å². The van der Waals surface area contributed by atoms with Gasteiger partial charge in [0.2, 0.25) is 11.8 Å². The predicted molar refractivity (Wildman–Crippen MR) is 110 cm³/mol. The van der Waals surface area contributed by atoms with Gasteiger partial charge in [-0.15, -0.1) is 0 Å². The van der Waals surface area contributed by atoms with Crippen LogP contribution in [0.3, 0.4) is 0 Å². The molecule has 0 heterocycles. The Bertz CT molecular complexity index is 774. The van der Waals surface area contributed by atoms with Crippen LogP contribution in [0, 0.1) is 0 Å². The van der Waals surface area contributed by atoms with Gasteiger partial charge in [-0.05, 0) is 38.5 Å². The van der Waals surface area contributed by atoms with Gasteiger partial charge in [0.05, 0.1) is 6.42 Å². The first-order valence-electron chi connectivity index (χ1n) is 8.86. The van der Waals surface area contributed by atoms with Gasteiger partial charge in [0.15, 0.2) is 0 Å². The van der Waals surface area contributed by atoms with Crippen molar-refractivity contribution >= 4 is 35.0 Å². The second-order valence-corrected chi connectivity index (χ2v) is 7.54. The van der Waals surface area contributed by atoms with Crippen molar-refractivity contribution in [2.75, 3.05) is 0 Å². The van der Waals surface area contributed by atoms with Crippen LogP contribution in [-0.4, -0.2) is 28.8 Å². The number of carbonyl (C=O) groups is 2. The quantitative estimate of drug-likeness (QED) is 0.736. The van der Waals surface area contributed by atoms with E-state index < -0.39 is 6.04 Å². The molecule has 0 aromatic heterocycles. The highest BCUT2D eigenvalue weighted by Crippen LogP contribution is 2.26. The summed E-state index contributed by atoms with van der Waals surface area (Å²) in [5.41, 5.74) is 1.51. The van der Waals surface area contributed by atoms with Crippen molar-refractivity contribution in [1.82, 2.24) is 10.2 Å². The molecule has 144 valence electrons. The van der Waals surface area contributed by atoms with Gasteiger partial charge >= 0.3 is 0 Å². The maximum Gasteiger partial charge on any atom is 0.242 e. The van der Waals surface area contributed by atoms with E-state index in [0.29, 0.717) is 15.6 Å². The molecule has 0 bridgehead atoms. The molecule has 0 saturated heterocycles. The summed E-state index contributed by atoms with van der Waals surface area (Å²) in [6.45, 7) is 5.64. The minimum absolute atomic E-state index is 0.0186. The zero-order valence-electron chi connectivity index (χ0n) is 15.7. The summed E-state index contributed by atoms with van der Waals surface area (Å²) >= 11 is 12.6. The highest BCUT2D eigenvalue weighted by atomic mass is 35.5. The fourth-order valence-corrected chi connectivity index (χ4v) is 3.23. The van der Waals surface area contributed by atoms with Crippen molar-refractivity contribution in [3.63, 3.8) is 0 Å². The Balaban J connectivity index is 2.29. The Labute approximate surface area is 170 Å². The second kappa shape index (κ2) is 9.77. The minimum Gasteiger partial charge on any atom is -0.352 e. The third-order valence-corrected chi connectivity index (χ3v) is 4.89. The summed E-state index contributed by atoms with van der Waals surface area (Å²) in [5.74, 6) is -0.377. The third-order valence-electron chi connectivity index (χ3n) is 4.19. The average Bonchev–Trinajstić information content (AvgIpc) is 2.61. The lowest BCUT2D eigenvalue weighted by Crippen LogP contribution is -2.49. The van der Waals surface area contributed by atoms with Gasteiger partial charge < -0.3 is 10.2 Å². The van der Waals surface area contributed by atoms with Crippen molar-refractivity contribution in [3.05, 3.63) is 69.7 Å². The van der Waals surface area contributed by atoms with E-state index in [1.54, 1.807) is 25.1 Å². The van der Waals surface area contributed by atoms with Crippen LogP contribution in [0.5, 0.6) is 0 Å². The summed E-state index contributed by atoms with van der Waals surface area (Å²) in [5, 5.41) is 3.80. The van der Waals surface area contributed by atoms with Crippen LogP contribution < -0.4 is 5.32 Å². The van der Waals surface area contributed by atoms with E-state index in [2.05, 4.69) is 5.32 Å². The number of amides is 2. The molecule has 2 rings (SSSR count). The molecule has 0 radical (unpaired) electrons. The van der Waals surface area contributed by atoms with E-state index in [0.717, 1.165) is 5.56 Å². The molecule has 2 aromatic carbocycles. The van der Waals surface area contributed by atoms with Crippen LogP contribution in [0.15, 0.2) is 48.5 Å². The number of benzene rings is 2. The molecule has 2 aromatic rings. The molecule has 0 unspecified atom stereocenters. The van der Waals surface area contributed by atoms with Crippen molar-refractivity contribution < 1.29 is 9.59 Å². The van der Waals surface area contributed by atoms with Crippen LogP contribution in [0.1, 0.15) is 31.9 Å². The Hall–Kier alpha value is -2.04. The summed E-state index contributed by atoms with van der Waals surface area (Å²) in [6.07, 6.45) is 0.197. The Morgan fingerprint density at radius 2 is 1.56 bits per heavy atom. The van der Waals surface area contributed by atoms with E-state index in [9.17, 15) is 9.59 Å². The summed E-state index contributed by atoms with van der Waals surface area (Å²) in [6, 6.07) is 14.0. The summed E-state index contributed by atoms with van der Waals surface area (Å²) in [4.78, 5) is 27.1. The fourth-order valence-electron chi connectivity index (χ4n) is 2.71. The van der Waals surface area contributed by atoms with Crippen LogP contribution in [0.2, 0.25) is 10.0 Å². The first-order chi connectivity index (χ1) is 12.8. The minimum atomic E-state index is -0.657. The van der Waals surface area contributed by atoms with E-state index in [1.807, 2.05) is 44.2 Å². The number of hydrogen-bond donors (Lipinski definition) is 1. The van der Waals surface area contributed by atoms with Crippen molar-refractivity contribution in [1.29, 1.82) is 0 Å². The van der Waals surface area contributed by atoms with Crippen molar-refractivity contribution in [2.24, 2.45) is 0 Å². The van der Waals surface area contributed by atoms with Crippen LogP contribution in [-0.2, 0) is 22.6 Å². The zero-order chi connectivity index (χ0) is 20.0. The second-order valence-electron chi connectivity index (χ2n) is 6.72. The Morgan fingerprint density at radius 1 is 0.963 bits per heavy atom. The number of halogens is 2. The van der Waals surface area contributed by atoms with Gasteiger partial charge in [0.1, 0.15) is 6.04 Å². The van der Waals surface area contributed by atoms with Gasteiger partial charge in [-0.2, -0.15) is 0 Å². The molecule has 0 aliphatic rings. The molecule has 27 heavy (non-hydrogen) atoms. The van der Waals surface area contributed by atoms with E-state index in [1.165, 1.54) is 4.90 Å². The van der Waals surface area contributed by atoms with Gasteiger partial charge in [-0.1, -0.05) is 59.6 Å². The molecule has 0 spiro atoms. The monoisotopic (exact) mass is 406 g/mol. The SMILES string of the molecule is CC(C)NC(=O)[C@H](C)N(Cc1c(Cl)cccc1Cl)C(=O)Cc1ccccc1. The standard InChI is InChI=1S/C21H24Cl2N2O2/c1-14(2)24-21(27)15(3)25(13-17-18(22)10-7-11-19(17)23)20(26)12-16-8-5-4-6-9-16/h4-11,14-15H,12-13H2,1-3H3,(H,24,27)/t15-/m0/s1. The van der Waals surface area contributed by atoms with Crippen LogP contribution in [0.4, 0.5) is 0 Å². The highest BCUT2D eigenvalue weighted by molar-refractivity contribution is 6.36. The molecular weight excluding hydrogens is 383 g/mol. The molecule has 2 amide bonds. The maximum atomic E-state index is 13.0. The van der Waals surface area contributed by atoms with Crippen LogP contribution in [0.25, 0.3) is 0 Å². The molecule has 0 aliphatic carbocycles. The summed E-state index contributed by atoms with van der Waals surface area (Å²) in [7, 11) is 0. The smallest absolute Gasteiger partial charge is 0.242 e. The largest absolute Gasteiger partial charge is 0.352 e. The molecule has 6 heteroatoms. The number of nitrogens with one attached hydrogen (secondary N) is 1. The zero-order valence-corrected chi connectivity index (χ0v) is 17.2. The highest BCUT2D eigenvalue weighted by Gasteiger charge is 2.27. The van der Waals surface area contributed by atoms with E-state index >= 15 is 0 Å². The molecule has 4 nitrogen and oxygen atoms in total. The van der Waals surface area contributed by atoms with Gasteiger partial charge in [-0.25, -0.2) is 0 Å². The number of carbonyl (C=O) groups excluding carboxylic acids is 2. The fraction of sp³-hybridized carbons (Fsp3) is 0.333. The maximum absolute atomic E-state index is 13.0. The number of hydrogen-bond acceptors (Lipinski definition) is 2. The van der Waals surface area contributed by atoms with E-state index in [-0.39, 0.29) is 30.8 Å².